The van der Waals surface area contributed by atoms with Crippen molar-refractivity contribution in [1.29, 1.82) is 10.5 Å². The molecule has 19 nitrogen and oxygen atoms in total. The average Bonchev–Trinajstić information content (AvgIpc) is 0.844. The van der Waals surface area contributed by atoms with Crippen molar-refractivity contribution < 1.29 is 57.6 Å². The van der Waals surface area contributed by atoms with Crippen LogP contribution in [0.2, 0.25) is 0 Å². The van der Waals surface area contributed by atoms with Crippen LogP contribution in [0.4, 0.5) is 9.59 Å². The van der Waals surface area contributed by atoms with Crippen molar-refractivity contribution in [2.45, 2.75) is 217 Å². The number of aryl methyl sites for hydroxylation is 13. The molecule has 0 saturated heterocycles. The molecule has 0 radical (unpaired) electrons. The van der Waals surface area contributed by atoms with Gasteiger partial charge in [-0.2, -0.15) is 10.5 Å². The van der Waals surface area contributed by atoms with Crippen LogP contribution in [0.1, 0.15) is 197 Å². The normalized spacial score (nSPS) is 10.5. The third-order valence-electron chi connectivity index (χ3n) is 21.4. The van der Waals surface area contributed by atoms with Gasteiger partial charge in [0, 0.05) is 90.9 Å². The van der Waals surface area contributed by atoms with Crippen LogP contribution in [0.3, 0.4) is 0 Å². The Morgan fingerprint density at radius 1 is 0.331 bits per heavy atom. The van der Waals surface area contributed by atoms with Gasteiger partial charge >= 0.3 is 18.2 Å². The topological polar surface area (TPSA) is 258 Å². The number of carboxylic acids is 1. The van der Waals surface area contributed by atoms with Crippen LogP contribution in [0.15, 0.2) is 212 Å². The van der Waals surface area contributed by atoms with Crippen LogP contribution in [0.5, 0.6) is 11.5 Å². The van der Waals surface area contributed by atoms with Gasteiger partial charge < -0.3 is 49.4 Å². The number of ether oxygens (including phenoxy) is 4. The van der Waals surface area contributed by atoms with E-state index < -0.39 is 12.1 Å². The molecule has 3 N–H and O–H groups in total. The van der Waals surface area contributed by atoms with Gasteiger partial charge in [0.25, 0.3) is 0 Å². The van der Waals surface area contributed by atoms with Crippen molar-refractivity contribution in [2.24, 2.45) is 0 Å². The van der Waals surface area contributed by atoms with Crippen LogP contribution in [0, 0.1) is 78.1 Å². The highest BCUT2D eigenvalue weighted by Gasteiger charge is 2.20. The molecule has 0 aliphatic rings. The quantitative estimate of drug-likeness (QED) is 0.0237. The fourth-order valence-electron chi connectivity index (χ4n) is 13.2. The van der Waals surface area contributed by atoms with E-state index in [0.717, 1.165) is 83.9 Å². The molecule has 0 aliphatic heterocycles. The number of aliphatic carboxylic acids is 1. The van der Waals surface area contributed by atoms with E-state index in [4.69, 9.17) is 40.9 Å². The molecule has 658 valence electrons. The maximum absolute atomic E-state index is 13.6. The summed E-state index contributed by atoms with van der Waals surface area (Å²) < 4.78 is 23.7. The Morgan fingerprint density at radius 3 is 1.06 bits per heavy atom. The van der Waals surface area contributed by atoms with Gasteiger partial charge in [0.15, 0.2) is 11.5 Å². The number of carbonyl (C=O) groups is 7. The minimum atomic E-state index is -0.738. The molecule has 5 amide bonds. The van der Waals surface area contributed by atoms with Crippen LogP contribution in [-0.2, 0) is 92.0 Å². The van der Waals surface area contributed by atoms with Gasteiger partial charge in [-0.1, -0.05) is 219 Å². The molecule has 0 aliphatic carbocycles. The number of benzene rings is 9. The van der Waals surface area contributed by atoms with E-state index in [-0.39, 0.29) is 61.5 Å². The zero-order valence-corrected chi connectivity index (χ0v) is 74.8. The number of rotatable bonds is 47. The first-order valence-electron chi connectivity index (χ1n) is 43.5. The average molecular weight is 1700 g/mol. The summed E-state index contributed by atoms with van der Waals surface area (Å²) >= 11 is 5.26. The summed E-state index contributed by atoms with van der Waals surface area (Å²) in [5.74, 6) is 0.469. The molecule has 124 heavy (non-hydrogen) atoms. The van der Waals surface area contributed by atoms with E-state index in [9.17, 15) is 38.8 Å². The van der Waals surface area contributed by atoms with Crippen molar-refractivity contribution in [1.82, 2.24) is 25.3 Å². The van der Waals surface area contributed by atoms with Gasteiger partial charge in [-0.05, 0) is 244 Å². The molecule has 0 spiro atoms. The summed E-state index contributed by atoms with van der Waals surface area (Å²) in [7, 11) is 0. The van der Waals surface area contributed by atoms with E-state index in [1.165, 1.54) is 55.6 Å². The molecule has 20 heteroatoms. The van der Waals surface area contributed by atoms with Crippen molar-refractivity contribution in [2.75, 3.05) is 52.4 Å². The van der Waals surface area contributed by atoms with E-state index in [1.807, 2.05) is 165 Å². The number of amides is 5. The summed E-state index contributed by atoms with van der Waals surface area (Å²) in [4.78, 5) is 90.6. The van der Waals surface area contributed by atoms with E-state index in [1.54, 1.807) is 14.7 Å². The number of unbranched alkanes of at least 4 members (excludes halogenated alkanes) is 6. The second-order valence-electron chi connectivity index (χ2n) is 31.4. The molecule has 0 aromatic heterocycles. The predicted molar refractivity (Wildman–Crippen MR) is 493 cm³/mol. The number of halogens is 1. The molecule has 9 aromatic rings. The van der Waals surface area contributed by atoms with Crippen molar-refractivity contribution in [3.8, 4) is 23.6 Å². The van der Waals surface area contributed by atoms with Gasteiger partial charge in [0.05, 0.1) is 18.6 Å². The largest absolute Gasteiger partial charge is 0.485 e. The Labute approximate surface area is 741 Å². The van der Waals surface area contributed by atoms with Gasteiger partial charge in [0.2, 0.25) is 23.0 Å². The van der Waals surface area contributed by atoms with Crippen molar-refractivity contribution in [3.63, 3.8) is 0 Å². The van der Waals surface area contributed by atoms with Gasteiger partial charge in [-0.15, -0.1) is 0 Å². The minimum absolute atomic E-state index is 0.0229. The number of nitrogens with one attached hydrogen (secondary N) is 2. The Morgan fingerprint density at radius 2 is 0.661 bits per heavy atom. The Kier molecular flexibility index (Phi) is 47.8. The fourth-order valence-corrected chi connectivity index (χ4v) is 13.3. The number of carbonyl (C=O) groups excluding carboxylic acids is 6. The van der Waals surface area contributed by atoms with E-state index >= 15 is 0 Å². The van der Waals surface area contributed by atoms with Gasteiger partial charge in [-0.25, -0.2) is 9.59 Å². The summed E-state index contributed by atoms with van der Waals surface area (Å²) in [6.07, 6.45) is 12.6. The lowest BCUT2D eigenvalue weighted by atomic mass is 10.0. The van der Waals surface area contributed by atoms with Crippen LogP contribution in [0.25, 0.3) is 0 Å². The summed E-state index contributed by atoms with van der Waals surface area (Å²) in [6, 6.07) is 74.2. The maximum Gasteiger partial charge on any atom is 0.410 e. The number of hydrogen-bond acceptors (Lipinski definition) is 13. The Bertz CT molecular complexity index is 4740. The van der Waals surface area contributed by atoms with E-state index in [0.29, 0.717) is 148 Å². The van der Waals surface area contributed by atoms with Gasteiger partial charge in [0.1, 0.15) is 26.4 Å². The Hall–Kier alpha value is -12.1. The van der Waals surface area contributed by atoms with Gasteiger partial charge in [-0.3, -0.25) is 24.0 Å². The fraction of sp³-hybridized carbons (Fsp3) is 0.394. The molecule has 0 heterocycles. The SMILES string of the molecule is Cc1ccc(CCC(=O)Cl)cc1C.Cc1ccc(CCC(=O)NCCCN(CCCCCCCC#N)C(=O)OCc2ccccc2)cc1C.Cc1ccc(CCC(=O)NCCCN(CCCCN(CCC#N)C(=O)CCc2ccc(OCc3ccccc3)c(OCc3ccccc3)c2)C(=O)OCc2ccccc2)cc1C.Cc1ccc(CCC(=O)O)cc1C. The zero-order valence-electron chi connectivity index (χ0n) is 74.1. The third kappa shape index (κ3) is 42.2. The summed E-state index contributed by atoms with van der Waals surface area (Å²) in [5, 5.41) is 32.2. The molecule has 9 rings (SSSR count). The lowest BCUT2D eigenvalue weighted by Gasteiger charge is -2.24. The number of carboxylic acid groups (broad SMARTS) is 1. The first-order chi connectivity index (χ1) is 59.9. The molecule has 9 aromatic carbocycles. The molecule has 0 saturated carbocycles. The van der Waals surface area contributed by atoms with Crippen molar-refractivity contribution >= 4 is 52.7 Å². The van der Waals surface area contributed by atoms with Crippen LogP contribution in [-0.4, -0.2) is 113 Å². The monoisotopic (exact) mass is 1700 g/mol. The zero-order chi connectivity index (χ0) is 89.5. The molecular weight excluding hydrogens is 1570 g/mol. The first kappa shape index (κ1) is 101. The van der Waals surface area contributed by atoms with Crippen LogP contribution >= 0.6 is 11.6 Å². The summed E-state index contributed by atoms with van der Waals surface area (Å²) in [6.45, 7) is 21.5. The van der Waals surface area contributed by atoms with Crippen LogP contribution < -0.4 is 20.1 Å². The Balaban J connectivity index is 0.000000317. The minimum Gasteiger partial charge on any atom is -0.485 e. The number of nitriles is 2. The smallest absolute Gasteiger partial charge is 0.410 e. The standard InChI is InChI=1S/C52H60N4O6.C30H41N3O3.C11H13ClO.C11H14O2/c1-41-22-23-43(36-42(41)2)25-28-50(57)54-31-15-35-56(52(59)62-40-47-20-10-5-11-21-47)33-13-12-32-55(34-14-30-53)51(58)29-26-44-24-27-48(60-38-45-16-6-3-7-17-45)49(37-44)61-39-46-18-8-4-9-19-46;1-25-15-16-27(23-26(25)2)17-18-29(34)32-20-12-22-33(21-11-6-4-3-5-10-19-31)30(35)36-24-28-13-8-7-9-14-28;2*1-8-3-4-10(7-9(8)2)5-6-11(12)13/h3-11,16-24,27,36-37H,12-15,25-26,28-29,31-35,38-40H2,1-2H3,(H,54,57);7-9,13-16,23H,3-6,10-12,17-18,20-22,24H2,1-2H3,(H,32,34);3-4,7H,5-6H2,1-2H3;3-4,7H,5-6H2,1-2H3,(H,12,13). The molecule has 0 unspecified atom stereocenters. The molecular formula is C104H128ClN7O12. The number of nitrogens with zero attached hydrogens (tertiary/aromatic N) is 5. The third-order valence-corrected chi connectivity index (χ3v) is 21.6. The second-order valence-corrected chi connectivity index (χ2v) is 31.8. The first-order valence-corrected chi connectivity index (χ1v) is 43.9. The highest BCUT2D eigenvalue weighted by Crippen LogP contribution is 2.31. The maximum atomic E-state index is 13.6. The molecule has 0 fully saturated rings. The number of hydrogen-bond donors (Lipinski definition) is 3. The predicted octanol–water partition coefficient (Wildman–Crippen LogP) is 21.3. The lowest BCUT2D eigenvalue weighted by molar-refractivity contribution is -0.137. The molecule has 0 bridgehead atoms. The highest BCUT2D eigenvalue weighted by molar-refractivity contribution is 6.63. The van der Waals surface area contributed by atoms with E-state index in [2.05, 4.69) is 126 Å². The highest BCUT2D eigenvalue weighted by atomic mass is 35.5. The molecule has 0 atom stereocenters. The van der Waals surface area contributed by atoms with Crippen molar-refractivity contribution in [3.05, 3.63) is 307 Å². The second kappa shape index (κ2) is 58.9. The summed E-state index contributed by atoms with van der Waals surface area (Å²) in [5.41, 5.74) is 19.4. The lowest BCUT2D eigenvalue weighted by Crippen LogP contribution is -2.36.